The SMILES string of the molecule is CCC[C@](S)(C(=O)O)N1C(=O)N[C@@H](CCC(=O)NC(c2ccccc2)(c2ccccc2)c2ccccc2)C1=O. The molecule has 0 unspecified atom stereocenters. The molecule has 1 aliphatic rings. The molecule has 3 aromatic rings. The summed E-state index contributed by atoms with van der Waals surface area (Å²) in [5.74, 6) is -2.43. The molecule has 39 heavy (non-hydrogen) atoms. The van der Waals surface area contributed by atoms with Gasteiger partial charge in [-0.25, -0.2) is 14.5 Å². The molecule has 1 fully saturated rings. The molecule has 2 atom stereocenters. The van der Waals surface area contributed by atoms with Gasteiger partial charge in [-0.2, -0.15) is 0 Å². The fourth-order valence-corrected chi connectivity index (χ4v) is 5.48. The van der Waals surface area contributed by atoms with Gasteiger partial charge in [-0.05, 0) is 29.5 Å². The van der Waals surface area contributed by atoms with Gasteiger partial charge in [-0.3, -0.25) is 9.59 Å². The second-order valence-electron chi connectivity index (χ2n) is 9.48. The molecule has 202 valence electrons. The highest BCUT2D eigenvalue weighted by Gasteiger charge is 2.52. The van der Waals surface area contributed by atoms with Crippen molar-refractivity contribution >= 4 is 36.4 Å². The molecule has 3 N–H and O–H groups in total. The summed E-state index contributed by atoms with van der Waals surface area (Å²) in [7, 11) is 0. The van der Waals surface area contributed by atoms with Crippen molar-refractivity contribution in [3.05, 3.63) is 108 Å². The minimum Gasteiger partial charge on any atom is -0.479 e. The quantitative estimate of drug-likeness (QED) is 0.163. The molecule has 0 saturated carbocycles. The highest BCUT2D eigenvalue weighted by atomic mass is 32.1. The molecule has 0 aliphatic carbocycles. The van der Waals surface area contributed by atoms with Crippen LogP contribution in [-0.2, 0) is 19.9 Å². The Morgan fingerprint density at radius 2 is 1.36 bits per heavy atom. The summed E-state index contributed by atoms with van der Waals surface area (Å²) in [4.78, 5) is 49.9. The van der Waals surface area contributed by atoms with Crippen LogP contribution >= 0.6 is 12.6 Å². The van der Waals surface area contributed by atoms with Crippen molar-refractivity contribution in [2.75, 3.05) is 0 Å². The van der Waals surface area contributed by atoms with E-state index < -0.39 is 34.4 Å². The number of imide groups is 1. The number of carbonyl (C=O) groups excluding carboxylic acids is 3. The average Bonchev–Trinajstić information content (AvgIpc) is 3.25. The van der Waals surface area contributed by atoms with E-state index in [0.717, 1.165) is 16.7 Å². The number of nitrogens with one attached hydrogen (secondary N) is 2. The van der Waals surface area contributed by atoms with Gasteiger partial charge >= 0.3 is 12.0 Å². The topological polar surface area (TPSA) is 116 Å². The van der Waals surface area contributed by atoms with E-state index >= 15 is 0 Å². The number of rotatable bonds is 11. The van der Waals surface area contributed by atoms with E-state index in [1.54, 1.807) is 6.92 Å². The van der Waals surface area contributed by atoms with Crippen molar-refractivity contribution in [3.8, 4) is 0 Å². The van der Waals surface area contributed by atoms with Crippen molar-refractivity contribution in [3.63, 3.8) is 0 Å². The van der Waals surface area contributed by atoms with E-state index in [2.05, 4.69) is 23.3 Å². The van der Waals surface area contributed by atoms with Crippen molar-refractivity contribution in [2.45, 2.75) is 49.1 Å². The van der Waals surface area contributed by atoms with Crippen LogP contribution in [0, 0.1) is 0 Å². The normalized spacial score (nSPS) is 16.9. The molecule has 0 aromatic heterocycles. The molecule has 1 aliphatic heterocycles. The number of aliphatic carboxylic acids is 1. The Balaban J connectivity index is 1.61. The highest BCUT2D eigenvalue weighted by molar-refractivity contribution is 7.82. The Hall–Kier alpha value is -4.11. The number of hydrogen-bond donors (Lipinski definition) is 4. The van der Waals surface area contributed by atoms with Crippen LogP contribution in [0.1, 0.15) is 49.3 Å². The van der Waals surface area contributed by atoms with Gasteiger partial charge in [0.25, 0.3) is 5.91 Å². The van der Waals surface area contributed by atoms with Crippen LogP contribution < -0.4 is 10.6 Å². The predicted molar refractivity (Wildman–Crippen MR) is 150 cm³/mol. The number of thiol groups is 1. The second-order valence-corrected chi connectivity index (χ2v) is 10.2. The summed E-state index contributed by atoms with van der Waals surface area (Å²) >= 11 is 4.20. The lowest BCUT2D eigenvalue weighted by Crippen LogP contribution is -2.54. The minimum atomic E-state index is -1.96. The van der Waals surface area contributed by atoms with E-state index in [9.17, 15) is 24.3 Å². The predicted octanol–water partition coefficient (Wildman–Crippen LogP) is 4.31. The maximum Gasteiger partial charge on any atom is 0.340 e. The van der Waals surface area contributed by atoms with E-state index in [0.29, 0.717) is 11.3 Å². The Morgan fingerprint density at radius 3 is 1.77 bits per heavy atom. The summed E-state index contributed by atoms with van der Waals surface area (Å²) < 4.78 is 0. The zero-order valence-electron chi connectivity index (χ0n) is 21.5. The van der Waals surface area contributed by atoms with Crippen LogP contribution in [0.25, 0.3) is 0 Å². The zero-order chi connectivity index (χ0) is 28.0. The Kier molecular flexibility index (Phi) is 8.40. The second kappa shape index (κ2) is 11.7. The smallest absolute Gasteiger partial charge is 0.340 e. The molecular formula is C30H31N3O5S. The van der Waals surface area contributed by atoms with Crippen LogP contribution in [0.2, 0.25) is 0 Å². The molecule has 0 radical (unpaired) electrons. The van der Waals surface area contributed by atoms with E-state index in [1.807, 2.05) is 91.0 Å². The number of amides is 4. The van der Waals surface area contributed by atoms with Gasteiger partial charge in [0.15, 0.2) is 4.87 Å². The van der Waals surface area contributed by atoms with Crippen LogP contribution in [0.15, 0.2) is 91.0 Å². The van der Waals surface area contributed by atoms with E-state index in [1.165, 1.54) is 0 Å². The molecule has 1 heterocycles. The standard InChI is InChI=1S/C30H31N3O5S/c1-2-20-29(39,27(36)37)33-26(35)24(31-28(33)38)18-19-25(34)32-30(21-12-6-3-7-13-21,22-14-8-4-9-15-22)23-16-10-5-11-17-23/h3-17,24,39H,2,18-20H2,1H3,(H,31,38)(H,32,34)(H,36,37)/t24-,29-/m0/s1. The molecule has 3 aromatic carbocycles. The summed E-state index contributed by atoms with van der Waals surface area (Å²) in [6.45, 7) is 1.74. The first-order valence-corrected chi connectivity index (χ1v) is 13.3. The van der Waals surface area contributed by atoms with Gasteiger partial charge in [0.1, 0.15) is 11.6 Å². The number of carboxylic acids is 1. The first kappa shape index (κ1) is 27.9. The summed E-state index contributed by atoms with van der Waals surface area (Å²) in [5, 5.41) is 15.5. The first-order chi connectivity index (χ1) is 18.7. The molecule has 9 heteroatoms. The third-order valence-corrected chi connectivity index (χ3v) is 7.55. The van der Waals surface area contributed by atoms with Gasteiger partial charge < -0.3 is 15.7 Å². The first-order valence-electron chi connectivity index (χ1n) is 12.8. The molecule has 0 spiro atoms. The van der Waals surface area contributed by atoms with Gasteiger partial charge in [-0.15, -0.1) is 12.6 Å². The maximum atomic E-state index is 13.6. The largest absolute Gasteiger partial charge is 0.479 e. The third-order valence-electron chi connectivity index (χ3n) is 6.94. The van der Waals surface area contributed by atoms with Crippen molar-refractivity contribution < 1.29 is 24.3 Å². The molecule has 4 rings (SSSR count). The molecular weight excluding hydrogens is 514 g/mol. The van der Waals surface area contributed by atoms with Crippen molar-refractivity contribution in [1.82, 2.24) is 15.5 Å². The maximum absolute atomic E-state index is 13.6. The Labute approximate surface area is 232 Å². The number of carbonyl (C=O) groups is 4. The Morgan fingerprint density at radius 1 is 0.897 bits per heavy atom. The number of nitrogens with zero attached hydrogens (tertiary/aromatic N) is 1. The van der Waals surface area contributed by atoms with Gasteiger partial charge in [-0.1, -0.05) is 104 Å². The summed E-state index contributed by atoms with van der Waals surface area (Å²) in [5.41, 5.74) is 1.55. The van der Waals surface area contributed by atoms with Gasteiger partial charge in [0.2, 0.25) is 5.91 Å². The minimum absolute atomic E-state index is 0.00302. The monoisotopic (exact) mass is 545 g/mol. The van der Waals surface area contributed by atoms with Crippen molar-refractivity contribution in [2.24, 2.45) is 0 Å². The van der Waals surface area contributed by atoms with Crippen LogP contribution in [0.5, 0.6) is 0 Å². The molecule has 1 saturated heterocycles. The lowest BCUT2D eigenvalue weighted by molar-refractivity contribution is -0.149. The average molecular weight is 546 g/mol. The van der Waals surface area contributed by atoms with Crippen LogP contribution in [0.3, 0.4) is 0 Å². The van der Waals surface area contributed by atoms with Gasteiger partial charge in [0.05, 0.1) is 0 Å². The lowest BCUT2D eigenvalue weighted by atomic mass is 9.77. The number of hydrogen-bond acceptors (Lipinski definition) is 5. The molecule has 0 bridgehead atoms. The number of benzene rings is 3. The van der Waals surface area contributed by atoms with E-state index in [-0.39, 0.29) is 25.2 Å². The Bertz CT molecular complexity index is 1240. The third kappa shape index (κ3) is 5.40. The molecule has 8 nitrogen and oxygen atoms in total. The van der Waals surface area contributed by atoms with Gasteiger partial charge in [0, 0.05) is 6.42 Å². The number of carboxylic acid groups (broad SMARTS) is 1. The molecule has 4 amide bonds. The zero-order valence-corrected chi connectivity index (χ0v) is 22.4. The van der Waals surface area contributed by atoms with Crippen molar-refractivity contribution in [1.29, 1.82) is 0 Å². The number of urea groups is 1. The lowest BCUT2D eigenvalue weighted by Gasteiger charge is -2.37. The fourth-order valence-electron chi connectivity index (χ4n) is 5.07. The fraction of sp³-hybridized carbons (Fsp3) is 0.267. The summed E-state index contributed by atoms with van der Waals surface area (Å²) in [6.07, 6.45) is 0.308. The van der Waals surface area contributed by atoms with Crippen LogP contribution in [-0.4, -0.2) is 44.7 Å². The summed E-state index contributed by atoms with van der Waals surface area (Å²) in [6, 6.07) is 27.0. The van der Waals surface area contributed by atoms with Crippen LogP contribution in [0.4, 0.5) is 4.79 Å². The highest BCUT2D eigenvalue weighted by Crippen LogP contribution is 2.37. The van der Waals surface area contributed by atoms with E-state index in [4.69, 9.17) is 0 Å².